The number of nitrogens with zero attached hydrogens (tertiary/aromatic N) is 1. The van der Waals surface area contributed by atoms with Gasteiger partial charge in [-0.2, -0.15) is 0 Å². The SMILES string of the molecule is C/C(=C\C(=O)c1ccc(C)cc1C)N(C)C. The molecule has 0 radical (unpaired) electrons. The lowest BCUT2D eigenvalue weighted by Crippen LogP contribution is -2.10. The lowest BCUT2D eigenvalue weighted by atomic mass is 10.0. The smallest absolute Gasteiger partial charge is 0.187 e. The van der Waals surface area contributed by atoms with Crippen molar-refractivity contribution >= 4 is 5.78 Å². The van der Waals surface area contributed by atoms with Gasteiger partial charge in [0.05, 0.1) is 0 Å². The van der Waals surface area contributed by atoms with Crippen LogP contribution in [0.4, 0.5) is 0 Å². The first-order valence-corrected chi connectivity index (χ1v) is 5.39. The number of aryl methyl sites for hydroxylation is 2. The molecule has 0 atom stereocenters. The van der Waals surface area contributed by atoms with E-state index in [0.29, 0.717) is 0 Å². The van der Waals surface area contributed by atoms with Gasteiger partial charge in [0.1, 0.15) is 0 Å². The van der Waals surface area contributed by atoms with Gasteiger partial charge in [-0.3, -0.25) is 4.79 Å². The van der Waals surface area contributed by atoms with Crippen LogP contribution >= 0.6 is 0 Å². The normalized spacial score (nSPS) is 11.4. The standard InChI is InChI=1S/C14H19NO/c1-10-6-7-13(11(2)8-10)14(16)9-12(3)15(4)5/h6-9H,1-5H3/b12-9+. The Labute approximate surface area is 97.6 Å². The van der Waals surface area contributed by atoms with Crippen molar-refractivity contribution in [1.82, 2.24) is 4.90 Å². The molecule has 0 aliphatic carbocycles. The number of hydrogen-bond acceptors (Lipinski definition) is 2. The van der Waals surface area contributed by atoms with E-state index in [-0.39, 0.29) is 5.78 Å². The molecule has 1 aromatic carbocycles. The van der Waals surface area contributed by atoms with Gasteiger partial charge in [-0.25, -0.2) is 0 Å². The molecule has 2 nitrogen and oxygen atoms in total. The number of rotatable bonds is 3. The number of hydrogen-bond donors (Lipinski definition) is 0. The van der Waals surface area contributed by atoms with Crippen LogP contribution in [0.5, 0.6) is 0 Å². The van der Waals surface area contributed by atoms with Gasteiger partial charge in [-0.05, 0) is 26.3 Å². The molecule has 0 spiro atoms. The largest absolute Gasteiger partial charge is 0.381 e. The first kappa shape index (κ1) is 12.5. The molecule has 0 aromatic heterocycles. The van der Waals surface area contributed by atoms with E-state index >= 15 is 0 Å². The first-order valence-electron chi connectivity index (χ1n) is 5.39. The first-order chi connectivity index (χ1) is 7.41. The van der Waals surface area contributed by atoms with E-state index in [9.17, 15) is 4.79 Å². The van der Waals surface area contributed by atoms with Crippen molar-refractivity contribution in [2.45, 2.75) is 20.8 Å². The molecule has 0 N–H and O–H groups in total. The van der Waals surface area contributed by atoms with Crippen LogP contribution in [-0.4, -0.2) is 24.8 Å². The highest BCUT2D eigenvalue weighted by Crippen LogP contribution is 2.12. The highest BCUT2D eigenvalue weighted by atomic mass is 16.1. The van der Waals surface area contributed by atoms with E-state index in [1.54, 1.807) is 6.08 Å². The third kappa shape index (κ3) is 2.96. The molecule has 0 unspecified atom stereocenters. The Hall–Kier alpha value is -1.57. The van der Waals surface area contributed by atoms with Crippen LogP contribution in [0.1, 0.15) is 28.4 Å². The molecule has 0 saturated carbocycles. The van der Waals surface area contributed by atoms with Gasteiger partial charge in [0.25, 0.3) is 0 Å². The van der Waals surface area contributed by atoms with Crippen molar-refractivity contribution < 1.29 is 4.79 Å². The summed E-state index contributed by atoms with van der Waals surface area (Å²) in [6.07, 6.45) is 1.68. The van der Waals surface area contributed by atoms with Gasteiger partial charge in [-0.1, -0.05) is 23.8 Å². The van der Waals surface area contributed by atoms with Crippen molar-refractivity contribution in [3.05, 3.63) is 46.7 Å². The van der Waals surface area contributed by atoms with Gasteiger partial charge in [0.15, 0.2) is 5.78 Å². The van der Waals surface area contributed by atoms with E-state index < -0.39 is 0 Å². The van der Waals surface area contributed by atoms with Crippen LogP contribution in [0, 0.1) is 13.8 Å². The Morgan fingerprint density at radius 3 is 2.38 bits per heavy atom. The van der Waals surface area contributed by atoms with E-state index in [1.165, 1.54) is 5.56 Å². The molecule has 0 aliphatic heterocycles. The summed E-state index contributed by atoms with van der Waals surface area (Å²) >= 11 is 0. The van der Waals surface area contributed by atoms with Crippen LogP contribution < -0.4 is 0 Å². The number of carbonyl (C=O) groups is 1. The zero-order valence-electron chi connectivity index (χ0n) is 10.7. The zero-order valence-corrected chi connectivity index (χ0v) is 10.7. The maximum absolute atomic E-state index is 12.0. The summed E-state index contributed by atoms with van der Waals surface area (Å²) in [5.41, 5.74) is 3.96. The molecule has 86 valence electrons. The highest BCUT2D eigenvalue weighted by Gasteiger charge is 2.07. The summed E-state index contributed by atoms with van der Waals surface area (Å²) in [6.45, 7) is 5.93. The fourth-order valence-electron chi connectivity index (χ4n) is 1.49. The fraction of sp³-hybridized carbons (Fsp3) is 0.357. The average Bonchev–Trinajstić information content (AvgIpc) is 2.16. The van der Waals surface area contributed by atoms with Crippen LogP contribution in [-0.2, 0) is 0 Å². The minimum atomic E-state index is 0.0729. The minimum absolute atomic E-state index is 0.0729. The quantitative estimate of drug-likeness (QED) is 0.573. The van der Waals surface area contributed by atoms with Crippen molar-refractivity contribution in [1.29, 1.82) is 0 Å². The maximum atomic E-state index is 12.0. The lowest BCUT2D eigenvalue weighted by Gasteiger charge is -2.12. The Morgan fingerprint density at radius 2 is 1.88 bits per heavy atom. The Kier molecular flexibility index (Phi) is 3.88. The van der Waals surface area contributed by atoms with Crippen molar-refractivity contribution in [3.8, 4) is 0 Å². The summed E-state index contributed by atoms with van der Waals surface area (Å²) < 4.78 is 0. The molecular weight excluding hydrogens is 198 g/mol. The molecular formula is C14H19NO. The molecule has 1 rings (SSSR count). The summed E-state index contributed by atoms with van der Waals surface area (Å²) in [4.78, 5) is 13.9. The lowest BCUT2D eigenvalue weighted by molar-refractivity contribution is 0.104. The second-order valence-electron chi connectivity index (χ2n) is 4.36. The topological polar surface area (TPSA) is 20.3 Å². The van der Waals surface area contributed by atoms with Crippen LogP contribution in [0.2, 0.25) is 0 Å². The van der Waals surface area contributed by atoms with Gasteiger partial charge >= 0.3 is 0 Å². The third-order valence-corrected chi connectivity index (χ3v) is 2.69. The second-order valence-corrected chi connectivity index (χ2v) is 4.36. The summed E-state index contributed by atoms with van der Waals surface area (Å²) in [5.74, 6) is 0.0729. The van der Waals surface area contributed by atoms with E-state index in [0.717, 1.165) is 16.8 Å². The summed E-state index contributed by atoms with van der Waals surface area (Å²) in [6, 6.07) is 5.90. The molecule has 0 saturated heterocycles. The van der Waals surface area contributed by atoms with E-state index in [4.69, 9.17) is 0 Å². The minimum Gasteiger partial charge on any atom is -0.381 e. The van der Waals surface area contributed by atoms with Crippen LogP contribution in [0.25, 0.3) is 0 Å². The maximum Gasteiger partial charge on any atom is 0.187 e. The predicted molar refractivity (Wildman–Crippen MR) is 67.7 cm³/mol. The van der Waals surface area contributed by atoms with Crippen molar-refractivity contribution in [3.63, 3.8) is 0 Å². The fourth-order valence-corrected chi connectivity index (χ4v) is 1.49. The molecule has 1 aromatic rings. The Morgan fingerprint density at radius 1 is 1.25 bits per heavy atom. The van der Waals surface area contributed by atoms with E-state index in [2.05, 4.69) is 0 Å². The highest BCUT2D eigenvalue weighted by molar-refractivity contribution is 6.05. The summed E-state index contributed by atoms with van der Waals surface area (Å²) in [5, 5.41) is 0. The average molecular weight is 217 g/mol. The zero-order chi connectivity index (χ0) is 12.3. The van der Waals surface area contributed by atoms with Crippen molar-refractivity contribution in [2.75, 3.05) is 14.1 Å². The van der Waals surface area contributed by atoms with Gasteiger partial charge in [-0.15, -0.1) is 0 Å². The molecule has 0 heterocycles. The molecule has 2 heteroatoms. The molecule has 0 amide bonds. The molecule has 16 heavy (non-hydrogen) atoms. The van der Waals surface area contributed by atoms with E-state index in [1.807, 2.05) is 58.0 Å². The second kappa shape index (κ2) is 4.97. The predicted octanol–water partition coefficient (Wildman–Crippen LogP) is 2.95. The number of allylic oxidation sites excluding steroid dienone is 2. The Balaban J connectivity index is 3.02. The van der Waals surface area contributed by atoms with Crippen LogP contribution in [0.3, 0.4) is 0 Å². The molecule has 0 aliphatic rings. The number of benzene rings is 1. The summed E-state index contributed by atoms with van der Waals surface area (Å²) in [7, 11) is 3.86. The van der Waals surface area contributed by atoms with Crippen molar-refractivity contribution in [2.24, 2.45) is 0 Å². The molecule has 0 bridgehead atoms. The van der Waals surface area contributed by atoms with Crippen LogP contribution in [0.15, 0.2) is 30.0 Å². The van der Waals surface area contributed by atoms with Gasteiger partial charge in [0.2, 0.25) is 0 Å². The monoisotopic (exact) mass is 217 g/mol. The van der Waals surface area contributed by atoms with Gasteiger partial charge in [0, 0.05) is 31.4 Å². The van der Waals surface area contributed by atoms with Gasteiger partial charge < -0.3 is 4.90 Å². The number of ketones is 1. The molecule has 0 fully saturated rings. The third-order valence-electron chi connectivity index (χ3n) is 2.69. The Bertz CT molecular complexity index is 430. The number of carbonyl (C=O) groups excluding carboxylic acids is 1.